The predicted molar refractivity (Wildman–Crippen MR) is 104 cm³/mol. The third-order valence-electron chi connectivity index (χ3n) is 5.00. The molecule has 1 aliphatic rings. The Bertz CT molecular complexity index is 702. The molecule has 1 amide bonds. The molecule has 138 valence electrons. The van der Waals surface area contributed by atoms with Crippen molar-refractivity contribution in [2.75, 3.05) is 26.7 Å². The molecule has 4 nitrogen and oxygen atoms in total. The first kappa shape index (κ1) is 18.5. The molecule has 1 aliphatic heterocycles. The smallest absolute Gasteiger partial charge is 0.234 e. The fourth-order valence-electron chi connectivity index (χ4n) is 3.65. The van der Waals surface area contributed by atoms with Gasteiger partial charge in [-0.1, -0.05) is 42.5 Å². The van der Waals surface area contributed by atoms with Gasteiger partial charge < -0.3 is 10.1 Å². The second-order valence-corrected chi connectivity index (χ2v) is 6.84. The minimum Gasteiger partial charge on any atom is -0.497 e. The van der Waals surface area contributed by atoms with Gasteiger partial charge in [-0.05, 0) is 55.5 Å². The zero-order valence-electron chi connectivity index (χ0n) is 15.5. The molecule has 2 aromatic rings. The Kier molecular flexibility index (Phi) is 6.67. The van der Waals surface area contributed by atoms with Gasteiger partial charge in [0.15, 0.2) is 0 Å². The number of nitrogens with zero attached hydrogens (tertiary/aromatic N) is 1. The van der Waals surface area contributed by atoms with Crippen molar-refractivity contribution in [2.24, 2.45) is 0 Å². The number of hydrogen-bond acceptors (Lipinski definition) is 3. The molecule has 0 saturated carbocycles. The number of benzene rings is 2. The fourth-order valence-corrected chi connectivity index (χ4v) is 3.65. The van der Waals surface area contributed by atoms with Crippen LogP contribution >= 0.6 is 0 Å². The molecule has 2 aromatic carbocycles. The monoisotopic (exact) mass is 352 g/mol. The van der Waals surface area contributed by atoms with Gasteiger partial charge in [0, 0.05) is 12.6 Å². The van der Waals surface area contributed by atoms with E-state index < -0.39 is 0 Å². The van der Waals surface area contributed by atoms with Crippen molar-refractivity contribution in [2.45, 2.75) is 31.7 Å². The lowest BCUT2D eigenvalue weighted by molar-refractivity contribution is -0.122. The molecule has 1 atom stereocenters. The van der Waals surface area contributed by atoms with Crippen molar-refractivity contribution in [3.8, 4) is 5.75 Å². The van der Waals surface area contributed by atoms with Crippen LogP contribution in [0.4, 0.5) is 0 Å². The van der Waals surface area contributed by atoms with Crippen LogP contribution in [0.3, 0.4) is 0 Å². The summed E-state index contributed by atoms with van der Waals surface area (Å²) in [7, 11) is 1.69. The highest BCUT2D eigenvalue weighted by Gasteiger charge is 2.27. The van der Waals surface area contributed by atoms with Crippen LogP contribution < -0.4 is 10.1 Å². The molecule has 0 radical (unpaired) electrons. The lowest BCUT2D eigenvalue weighted by Gasteiger charge is -2.24. The van der Waals surface area contributed by atoms with Gasteiger partial charge >= 0.3 is 0 Å². The summed E-state index contributed by atoms with van der Waals surface area (Å²) in [6.45, 7) is 2.16. The van der Waals surface area contributed by atoms with E-state index in [2.05, 4.69) is 46.6 Å². The molecule has 4 heteroatoms. The van der Waals surface area contributed by atoms with Crippen molar-refractivity contribution in [3.63, 3.8) is 0 Å². The van der Waals surface area contributed by atoms with Crippen molar-refractivity contribution in [1.29, 1.82) is 0 Å². The van der Waals surface area contributed by atoms with Crippen LogP contribution in [-0.2, 0) is 11.2 Å². The van der Waals surface area contributed by atoms with E-state index >= 15 is 0 Å². The van der Waals surface area contributed by atoms with Crippen LogP contribution in [0.25, 0.3) is 0 Å². The van der Waals surface area contributed by atoms with E-state index in [-0.39, 0.29) is 5.91 Å². The second-order valence-electron chi connectivity index (χ2n) is 6.84. The fraction of sp³-hybridized carbons (Fsp3) is 0.409. The number of nitrogens with one attached hydrogen (secondary N) is 1. The second kappa shape index (κ2) is 9.39. The zero-order chi connectivity index (χ0) is 18.2. The van der Waals surface area contributed by atoms with E-state index in [9.17, 15) is 4.79 Å². The van der Waals surface area contributed by atoms with E-state index in [1.165, 1.54) is 11.1 Å². The Morgan fingerprint density at radius 3 is 2.85 bits per heavy atom. The maximum atomic E-state index is 12.3. The standard InChI is InChI=1S/C22H28N2O2/c1-26-20-12-5-11-19(16-20)21-13-7-15-24(21)17-22(25)23-14-6-10-18-8-3-2-4-9-18/h2-5,8-9,11-12,16,21H,6-7,10,13-15,17H2,1H3,(H,23,25). The van der Waals surface area contributed by atoms with E-state index in [0.29, 0.717) is 12.6 Å². The topological polar surface area (TPSA) is 41.6 Å². The summed E-state index contributed by atoms with van der Waals surface area (Å²) in [6.07, 6.45) is 4.18. The van der Waals surface area contributed by atoms with Crippen LogP contribution in [0.15, 0.2) is 54.6 Å². The lowest BCUT2D eigenvalue weighted by Crippen LogP contribution is -2.37. The van der Waals surface area contributed by atoms with Gasteiger partial charge in [-0.15, -0.1) is 0 Å². The first-order valence-corrected chi connectivity index (χ1v) is 9.45. The van der Waals surface area contributed by atoms with Gasteiger partial charge in [0.1, 0.15) is 5.75 Å². The highest BCUT2D eigenvalue weighted by atomic mass is 16.5. The molecule has 0 spiro atoms. The number of likely N-dealkylation sites (tertiary alicyclic amines) is 1. The number of ether oxygens (including phenoxy) is 1. The molecule has 1 saturated heterocycles. The number of carbonyl (C=O) groups excluding carboxylic acids is 1. The SMILES string of the molecule is COc1cccc(C2CCCN2CC(=O)NCCCc2ccccc2)c1. The molecule has 3 rings (SSSR count). The molecule has 1 unspecified atom stereocenters. The summed E-state index contributed by atoms with van der Waals surface area (Å²) in [5.74, 6) is 0.993. The quantitative estimate of drug-likeness (QED) is 0.739. The Balaban J connectivity index is 1.45. The number of hydrogen-bond donors (Lipinski definition) is 1. The van der Waals surface area contributed by atoms with Gasteiger partial charge in [0.2, 0.25) is 5.91 Å². The molecule has 1 N–H and O–H groups in total. The molecular formula is C22H28N2O2. The Hall–Kier alpha value is -2.33. The van der Waals surface area contributed by atoms with Crippen molar-refractivity contribution >= 4 is 5.91 Å². The summed E-state index contributed by atoms with van der Waals surface area (Å²) in [4.78, 5) is 14.6. The average molecular weight is 352 g/mol. The van der Waals surface area contributed by atoms with Crippen molar-refractivity contribution < 1.29 is 9.53 Å². The predicted octanol–water partition coefficient (Wildman–Crippen LogP) is 3.58. The van der Waals surface area contributed by atoms with E-state index in [4.69, 9.17) is 4.74 Å². The zero-order valence-corrected chi connectivity index (χ0v) is 15.5. The minimum atomic E-state index is 0.118. The molecule has 0 aromatic heterocycles. The molecule has 26 heavy (non-hydrogen) atoms. The third kappa shape index (κ3) is 5.09. The van der Waals surface area contributed by atoms with Crippen LogP contribution in [0.5, 0.6) is 5.75 Å². The van der Waals surface area contributed by atoms with Gasteiger partial charge in [-0.25, -0.2) is 0 Å². The van der Waals surface area contributed by atoms with Crippen LogP contribution in [-0.4, -0.2) is 37.6 Å². The molecule has 1 fully saturated rings. The summed E-state index contributed by atoms with van der Waals surface area (Å²) in [6, 6.07) is 18.9. The minimum absolute atomic E-state index is 0.118. The number of carbonyl (C=O) groups is 1. The van der Waals surface area contributed by atoms with Crippen LogP contribution in [0.2, 0.25) is 0 Å². The Morgan fingerprint density at radius 2 is 2.04 bits per heavy atom. The molecular weight excluding hydrogens is 324 g/mol. The van der Waals surface area contributed by atoms with Gasteiger partial charge in [0.05, 0.1) is 13.7 Å². The number of aryl methyl sites for hydroxylation is 1. The van der Waals surface area contributed by atoms with Gasteiger partial charge in [-0.2, -0.15) is 0 Å². The first-order valence-electron chi connectivity index (χ1n) is 9.45. The first-order chi connectivity index (χ1) is 12.8. The van der Waals surface area contributed by atoms with Gasteiger partial charge in [-0.3, -0.25) is 9.69 Å². The summed E-state index contributed by atoms with van der Waals surface area (Å²) in [5.41, 5.74) is 2.55. The van der Waals surface area contributed by atoms with Crippen molar-refractivity contribution in [3.05, 3.63) is 65.7 Å². The summed E-state index contributed by atoms with van der Waals surface area (Å²) < 4.78 is 5.33. The van der Waals surface area contributed by atoms with E-state index in [1.807, 2.05) is 18.2 Å². The number of methoxy groups -OCH3 is 1. The largest absolute Gasteiger partial charge is 0.497 e. The number of amides is 1. The number of rotatable bonds is 8. The Labute approximate surface area is 156 Å². The molecule has 0 aliphatic carbocycles. The Morgan fingerprint density at radius 1 is 1.19 bits per heavy atom. The normalized spacial score (nSPS) is 17.2. The third-order valence-corrected chi connectivity index (χ3v) is 5.00. The van der Waals surface area contributed by atoms with Crippen LogP contribution in [0.1, 0.15) is 36.4 Å². The van der Waals surface area contributed by atoms with Crippen molar-refractivity contribution in [1.82, 2.24) is 10.2 Å². The molecule has 0 bridgehead atoms. The van der Waals surface area contributed by atoms with Crippen LogP contribution in [0, 0.1) is 0 Å². The van der Waals surface area contributed by atoms with E-state index in [1.54, 1.807) is 7.11 Å². The van der Waals surface area contributed by atoms with Gasteiger partial charge in [0.25, 0.3) is 0 Å². The summed E-state index contributed by atoms with van der Waals surface area (Å²) >= 11 is 0. The van der Waals surface area contributed by atoms with E-state index in [0.717, 1.165) is 44.5 Å². The highest BCUT2D eigenvalue weighted by molar-refractivity contribution is 5.78. The summed E-state index contributed by atoms with van der Waals surface area (Å²) in [5, 5.41) is 3.07. The highest BCUT2D eigenvalue weighted by Crippen LogP contribution is 2.32. The maximum Gasteiger partial charge on any atom is 0.234 e. The maximum absolute atomic E-state index is 12.3. The molecule has 1 heterocycles. The average Bonchev–Trinajstić information content (AvgIpc) is 3.14. The lowest BCUT2D eigenvalue weighted by atomic mass is 10.0.